The molecule has 1 fully saturated rings. The van der Waals surface area contributed by atoms with Crippen LogP contribution in [-0.2, 0) is 0 Å². The number of amides is 1. The fraction of sp³-hybridized carbons (Fsp3) is 0.471. The summed E-state index contributed by atoms with van der Waals surface area (Å²) in [6.45, 7) is 6.85. The Morgan fingerprint density at radius 3 is 2.64 bits per heavy atom. The molecule has 1 saturated heterocycles. The lowest BCUT2D eigenvalue weighted by atomic mass is 10.4. The molecule has 8 heteroatoms. The van der Waals surface area contributed by atoms with Crippen LogP contribution in [0.2, 0.25) is 0 Å². The molecule has 132 valence electrons. The van der Waals surface area contributed by atoms with E-state index in [1.165, 1.54) is 19.0 Å². The zero-order valence-electron chi connectivity index (χ0n) is 14.6. The van der Waals surface area contributed by atoms with Crippen molar-refractivity contribution in [3.05, 3.63) is 35.7 Å². The van der Waals surface area contributed by atoms with Crippen LogP contribution in [0.5, 0.6) is 0 Å². The van der Waals surface area contributed by atoms with Crippen LogP contribution >= 0.6 is 0 Å². The summed E-state index contributed by atoms with van der Waals surface area (Å²) in [6.07, 6.45) is 5.48. The molecular formula is C17H23N7O. The van der Waals surface area contributed by atoms with Gasteiger partial charge in [-0.2, -0.15) is 0 Å². The Morgan fingerprint density at radius 2 is 1.92 bits per heavy atom. The van der Waals surface area contributed by atoms with Crippen molar-refractivity contribution in [3.63, 3.8) is 0 Å². The van der Waals surface area contributed by atoms with Crippen molar-refractivity contribution in [1.82, 2.24) is 25.3 Å². The van der Waals surface area contributed by atoms with E-state index in [1.54, 1.807) is 6.20 Å². The topological polar surface area (TPSA) is 95.9 Å². The molecule has 0 bridgehead atoms. The quantitative estimate of drug-likeness (QED) is 0.765. The minimum atomic E-state index is -0.231. The molecule has 3 rings (SSSR count). The van der Waals surface area contributed by atoms with Gasteiger partial charge < -0.3 is 15.5 Å². The van der Waals surface area contributed by atoms with Gasteiger partial charge in [0, 0.05) is 38.4 Å². The molecule has 2 N–H and O–H groups in total. The van der Waals surface area contributed by atoms with Crippen molar-refractivity contribution in [2.75, 3.05) is 36.4 Å². The lowest BCUT2D eigenvalue weighted by Gasteiger charge is -2.17. The summed E-state index contributed by atoms with van der Waals surface area (Å²) in [4.78, 5) is 31.3. The SMILES string of the molecule is Cc1cnc(C(=O)NCCNc2cc(N3CCCC3)nc(C)n2)cn1. The Morgan fingerprint density at radius 1 is 1.12 bits per heavy atom. The molecule has 0 unspecified atom stereocenters. The number of aromatic nitrogens is 4. The van der Waals surface area contributed by atoms with Crippen molar-refractivity contribution < 1.29 is 4.79 Å². The highest BCUT2D eigenvalue weighted by molar-refractivity contribution is 5.91. The van der Waals surface area contributed by atoms with Crippen molar-refractivity contribution in [2.24, 2.45) is 0 Å². The van der Waals surface area contributed by atoms with Gasteiger partial charge in [-0.25, -0.2) is 15.0 Å². The summed E-state index contributed by atoms with van der Waals surface area (Å²) in [5.41, 5.74) is 1.10. The maximum absolute atomic E-state index is 12.0. The average molecular weight is 341 g/mol. The van der Waals surface area contributed by atoms with Gasteiger partial charge in [0.15, 0.2) is 0 Å². The molecule has 25 heavy (non-hydrogen) atoms. The molecule has 0 aliphatic carbocycles. The van der Waals surface area contributed by atoms with Crippen LogP contribution in [0, 0.1) is 13.8 Å². The first-order chi connectivity index (χ1) is 12.1. The van der Waals surface area contributed by atoms with E-state index in [0.717, 1.165) is 36.2 Å². The zero-order chi connectivity index (χ0) is 17.6. The van der Waals surface area contributed by atoms with Crippen LogP contribution in [0.15, 0.2) is 18.5 Å². The molecule has 1 amide bonds. The summed E-state index contributed by atoms with van der Waals surface area (Å²) >= 11 is 0. The van der Waals surface area contributed by atoms with Crippen molar-refractivity contribution in [2.45, 2.75) is 26.7 Å². The Bertz CT molecular complexity index is 726. The van der Waals surface area contributed by atoms with Crippen LogP contribution in [0.3, 0.4) is 0 Å². The molecular weight excluding hydrogens is 318 g/mol. The number of carbonyl (C=O) groups is 1. The van der Waals surface area contributed by atoms with Crippen LogP contribution in [-0.4, -0.2) is 52.0 Å². The number of nitrogens with one attached hydrogen (secondary N) is 2. The van der Waals surface area contributed by atoms with Crippen LogP contribution in [0.4, 0.5) is 11.6 Å². The molecule has 1 aliphatic heterocycles. The van der Waals surface area contributed by atoms with Gasteiger partial charge >= 0.3 is 0 Å². The van der Waals surface area contributed by atoms with E-state index in [1.807, 2.05) is 19.9 Å². The van der Waals surface area contributed by atoms with Crippen molar-refractivity contribution in [3.8, 4) is 0 Å². The van der Waals surface area contributed by atoms with Gasteiger partial charge in [0.1, 0.15) is 23.2 Å². The number of aryl methyl sites for hydroxylation is 2. The molecule has 2 aromatic rings. The standard InChI is InChI=1S/C17H23N7O/c1-12-10-21-14(11-20-12)17(25)19-6-5-18-15-9-16(23-13(2)22-15)24-7-3-4-8-24/h9-11H,3-8H2,1-2H3,(H,19,25)(H,18,22,23). The first-order valence-corrected chi connectivity index (χ1v) is 8.53. The number of rotatable bonds is 6. The first-order valence-electron chi connectivity index (χ1n) is 8.53. The van der Waals surface area contributed by atoms with Gasteiger partial charge in [0.05, 0.1) is 11.9 Å². The second-order valence-electron chi connectivity index (χ2n) is 6.08. The molecule has 0 saturated carbocycles. The van der Waals surface area contributed by atoms with Crippen molar-refractivity contribution in [1.29, 1.82) is 0 Å². The third-order valence-electron chi connectivity index (χ3n) is 3.98. The Labute approximate surface area is 147 Å². The average Bonchev–Trinajstić information content (AvgIpc) is 3.13. The largest absolute Gasteiger partial charge is 0.368 e. The summed E-state index contributed by atoms with van der Waals surface area (Å²) in [7, 11) is 0. The minimum Gasteiger partial charge on any atom is -0.368 e. The summed E-state index contributed by atoms with van der Waals surface area (Å²) in [5, 5.41) is 6.05. The maximum Gasteiger partial charge on any atom is 0.271 e. The van der Waals surface area contributed by atoms with E-state index in [0.29, 0.717) is 18.8 Å². The lowest BCUT2D eigenvalue weighted by Crippen LogP contribution is -2.29. The monoisotopic (exact) mass is 341 g/mol. The maximum atomic E-state index is 12.0. The lowest BCUT2D eigenvalue weighted by molar-refractivity contribution is 0.0949. The highest BCUT2D eigenvalue weighted by Crippen LogP contribution is 2.20. The van der Waals surface area contributed by atoms with Crippen molar-refractivity contribution >= 4 is 17.5 Å². The van der Waals surface area contributed by atoms with E-state index in [-0.39, 0.29) is 5.91 Å². The summed E-state index contributed by atoms with van der Waals surface area (Å²) in [5.74, 6) is 2.25. The minimum absolute atomic E-state index is 0.231. The van der Waals surface area contributed by atoms with Crippen LogP contribution in [0.1, 0.15) is 34.8 Å². The molecule has 1 aliphatic rings. The van der Waals surface area contributed by atoms with E-state index in [9.17, 15) is 4.79 Å². The molecule has 0 spiro atoms. The van der Waals surface area contributed by atoms with E-state index in [2.05, 4.69) is 35.5 Å². The van der Waals surface area contributed by atoms with Gasteiger partial charge in [0.2, 0.25) is 0 Å². The molecule has 2 aromatic heterocycles. The summed E-state index contributed by atoms with van der Waals surface area (Å²) < 4.78 is 0. The highest BCUT2D eigenvalue weighted by Gasteiger charge is 2.15. The van der Waals surface area contributed by atoms with E-state index < -0.39 is 0 Å². The fourth-order valence-electron chi connectivity index (χ4n) is 2.72. The fourth-order valence-corrected chi connectivity index (χ4v) is 2.72. The summed E-state index contributed by atoms with van der Waals surface area (Å²) in [6, 6.07) is 1.96. The number of hydrogen-bond acceptors (Lipinski definition) is 7. The highest BCUT2D eigenvalue weighted by atomic mass is 16.1. The third-order valence-corrected chi connectivity index (χ3v) is 3.98. The van der Waals surface area contributed by atoms with Gasteiger partial charge in [-0.1, -0.05) is 0 Å². The molecule has 0 atom stereocenters. The number of hydrogen-bond donors (Lipinski definition) is 2. The Balaban J connectivity index is 1.50. The van der Waals surface area contributed by atoms with Gasteiger partial charge in [-0.3, -0.25) is 9.78 Å². The Kier molecular flexibility index (Phi) is 5.37. The van der Waals surface area contributed by atoms with E-state index in [4.69, 9.17) is 0 Å². The van der Waals surface area contributed by atoms with E-state index >= 15 is 0 Å². The zero-order valence-corrected chi connectivity index (χ0v) is 14.6. The molecule has 8 nitrogen and oxygen atoms in total. The number of carbonyl (C=O) groups excluding carboxylic acids is 1. The predicted molar refractivity (Wildman–Crippen MR) is 95.8 cm³/mol. The molecule has 3 heterocycles. The molecule has 0 radical (unpaired) electrons. The number of nitrogens with zero attached hydrogens (tertiary/aromatic N) is 5. The van der Waals surface area contributed by atoms with Crippen LogP contribution < -0.4 is 15.5 Å². The number of anilines is 2. The third kappa shape index (κ3) is 4.62. The molecule has 0 aromatic carbocycles. The first kappa shape index (κ1) is 17.1. The van der Waals surface area contributed by atoms with Gasteiger partial charge in [-0.15, -0.1) is 0 Å². The predicted octanol–water partition coefficient (Wildman–Crippen LogP) is 1.33. The normalized spacial score (nSPS) is 13.8. The van der Waals surface area contributed by atoms with Gasteiger partial charge in [0.25, 0.3) is 5.91 Å². The smallest absolute Gasteiger partial charge is 0.271 e. The Hall–Kier alpha value is -2.77. The van der Waals surface area contributed by atoms with Crippen LogP contribution in [0.25, 0.3) is 0 Å². The second kappa shape index (κ2) is 7.87. The second-order valence-corrected chi connectivity index (χ2v) is 6.08. The van der Waals surface area contributed by atoms with Gasteiger partial charge in [-0.05, 0) is 26.7 Å².